The van der Waals surface area contributed by atoms with Gasteiger partial charge in [0.2, 0.25) is 10.5 Å². The Balaban J connectivity index is 3.36. The maximum Gasteiger partial charge on any atom is 0.247 e. The molecular weight excluding hydrogens is 219 g/mol. The lowest BCUT2D eigenvalue weighted by molar-refractivity contribution is 0.155. The Morgan fingerprint density at radius 1 is 1.71 bits per heavy atom. The van der Waals surface area contributed by atoms with Gasteiger partial charge in [0, 0.05) is 4.43 Å². The maximum absolute atomic E-state index is 4.88. The van der Waals surface area contributed by atoms with Crippen molar-refractivity contribution in [2.24, 2.45) is 0 Å². The molecule has 0 aliphatic carbocycles. The van der Waals surface area contributed by atoms with Crippen LogP contribution in [-0.4, -0.2) is 20.5 Å². The van der Waals surface area contributed by atoms with Gasteiger partial charge in [-0.3, -0.25) is 0 Å². The third-order valence-corrected chi connectivity index (χ3v) is 2.99. The quantitative estimate of drug-likeness (QED) is 0.392. The van der Waals surface area contributed by atoms with Gasteiger partial charge < -0.3 is 4.43 Å². The Hall–Kier alpha value is 0.907. The predicted octanol–water partition coefficient (Wildman–Crippen LogP) is 1.30. The summed E-state index contributed by atoms with van der Waals surface area (Å²) >= 11 is 2.27. The van der Waals surface area contributed by atoms with Crippen molar-refractivity contribution in [3.05, 3.63) is 0 Å². The Morgan fingerprint density at radius 3 is 2.14 bits per heavy atom. The SMILES string of the molecule is CC(C)(CI)O[Si]. The number of rotatable bonds is 2. The van der Waals surface area contributed by atoms with Crippen LogP contribution in [-0.2, 0) is 4.43 Å². The van der Waals surface area contributed by atoms with E-state index >= 15 is 0 Å². The normalized spacial score (nSPS) is 12.0. The van der Waals surface area contributed by atoms with E-state index in [-0.39, 0.29) is 5.60 Å². The zero-order chi connectivity index (χ0) is 5.91. The molecule has 0 aliphatic rings. The van der Waals surface area contributed by atoms with Gasteiger partial charge in [-0.2, -0.15) is 0 Å². The van der Waals surface area contributed by atoms with Crippen LogP contribution >= 0.6 is 22.6 Å². The molecule has 3 radical (unpaired) electrons. The molecule has 0 bridgehead atoms. The summed E-state index contributed by atoms with van der Waals surface area (Å²) in [4.78, 5) is 0. The molecule has 0 fully saturated rings. The van der Waals surface area contributed by atoms with E-state index in [1.54, 1.807) is 0 Å². The van der Waals surface area contributed by atoms with Crippen molar-refractivity contribution in [3.63, 3.8) is 0 Å². The van der Waals surface area contributed by atoms with E-state index in [1.807, 2.05) is 13.8 Å². The van der Waals surface area contributed by atoms with E-state index < -0.39 is 0 Å². The molecule has 41 valence electrons. The average molecular weight is 227 g/mol. The largest absolute Gasteiger partial charge is 0.413 e. The number of hydrogen-bond acceptors (Lipinski definition) is 1. The molecule has 0 unspecified atom stereocenters. The molecule has 0 heterocycles. The first-order valence-electron chi connectivity index (χ1n) is 2.03. The Bertz CT molecular complexity index is 49.7. The summed E-state index contributed by atoms with van der Waals surface area (Å²) in [7, 11) is 2.97. The fourth-order valence-electron chi connectivity index (χ4n) is 0.0273. The van der Waals surface area contributed by atoms with E-state index in [1.165, 1.54) is 0 Å². The molecule has 0 aromatic rings. The van der Waals surface area contributed by atoms with Gasteiger partial charge in [0.05, 0.1) is 5.60 Å². The Kier molecular flexibility index (Phi) is 3.43. The van der Waals surface area contributed by atoms with Crippen LogP contribution in [0.25, 0.3) is 0 Å². The second kappa shape index (κ2) is 3.04. The zero-order valence-corrected chi connectivity index (χ0v) is 7.65. The van der Waals surface area contributed by atoms with Crippen LogP contribution in [0.2, 0.25) is 0 Å². The van der Waals surface area contributed by atoms with Gasteiger partial charge in [-0.1, -0.05) is 22.6 Å². The Morgan fingerprint density at radius 2 is 2.14 bits per heavy atom. The van der Waals surface area contributed by atoms with Gasteiger partial charge in [-0.25, -0.2) is 0 Å². The minimum Gasteiger partial charge on any atom is -0.413 e. The van der Waals surface area contributed by atoms with Gasteiger partial charge in [0.1, 0.15) is 0 Å². The topological polar surface area (TPSA) is 9.23 Å². The highest BCUT2D eigenvalue weighted by molar-refractivity contribution is 14.1. The molecular formula is C4H8IOSi. The molecule has 3 heteroatoms. The summed E-state index contributed by atoms with van der Waals surface area (Å²) in [6, 6.07) is 0. The molecule has 7 heavy (non-hydrogen) atoms. The lowest BCUT2D eigenvalue weighted by Crippen LogP contribution is -2.24. The van der Waals surface area contributed by atoms with Crippen LogP contribution in [0.15, 0.2) is 0 Å². The maximum atomic E-state index is 4.88. The summed E-state index contributed by atoms with van der Waals surface area (Å²) in [5.41, 5.74) is -0.0164. The van der Waals surface area contributed by atoms with Gasteiger partial charge in [-0.15, -0.1) is 0 Å². The molecule has 0 aromatic heterocycles. The van der Waals surface area contributed by atoms with Crippen molar-refractivity contribution in [1.29, 1.82) is 0 Å². The molecule has 0 spiro atoms. The molecule has 0 aliphatic heterocycles. The molecule has 0 saturated carbocycles. The van der Waals surface area contributed by atoms with Gasteiger partial charge >= 0.3 is 0 Å². The van der Waals surface area contributed by atoms with E-state index in [0.717, 1.165) is 4.43 Å². The lowest BCUT2D eigenvalue weighted by atomic mass is 10.2. The molecule has 0 aromatic carbocycles. The second-order valence-corrected chi connectivity index (χ2v) is 2.96. The third kappa shape index (κ3) is 3.49. The first-order valence-corrected chi connectivity index (χ1v) is 3.96. The number of halogens is 1. The summed E-state index contributed by atoms with van der Waals surface area (Å²) < 4.78 is 5.88. The van der Waals surface area contributed by atoms with Crippen molar-refractivity contribution in [1.82, 2.24) is 0 Å². The van der Waals surface area contributed by atoms with Gasteiger partial charge in [0.25, 0.3) is 0 Å². The van der Waals surface area contributed by atoms with Crippen LogP contribution in [0.3, 0.4) is 0 Å². The average Bonchev–Trinajstić information content (AvgIpc) is 1.68. The Labute approximate surface area is 61.5 Å². The van der Waals surface area contributed by atoms with Crippen LogP contribution in [0.4, 0.5) is 0 Å². The monoisotopic (exact) mass is 227 g/mol. The minimum atomic E-state index is -0.0164. The van der Waals surface area contributed by atoms with Gasteiger partial charge in [0.15, 0.2) is 0 Å². The van der Waals surface area contributed by atoms with Gasteiger partial charge in [-0.05, 0) is 13.8 Å². The molecule has 0 saturated heterocycles. The summed E-state index contributed by atoms with van der Waals surface area (Å²) in [5.74, 6) is 0. The molecule has 0 amide bonds. The fourth-order valence-corrected chi connectivity index (χ4v) is 0.549. The van der Waals surface area contributed by atoms with E-state index in [9.17, 15) is 0 Å². The minimum absolute atomic E-state index is 0.0164. The third-order valence-electron chi connectivity index (χ3n) is 0.598. The van der Waals surface area contributed by atoms with E-state index in [4.69, 9.17) is 4.43 Å². The van der Waals surface area contributed by atoms with Crippen LogP contribution in [0, 0.1) is 0 Å². The van der Waals surface area contributed by atoms with Crippen LogP contribution in [0.1, 0.15) is 13.8 Å². The summed E-state index contributed by atoms with van der Waals surface area (Å²) in [6.45, 7) is 4.04. The lowest BCUT2D eigenvalue weighted by Gasteiger charge is -2.18. The molecule has 0 rings (SSSR count). The number of alkyl halides is 1. The summed E-state index contributed by atoms with van der Waals surface area (Å²) in [6.07, 6.45) is 0. The van der Waals surface area contributed by atoms with Crippen LogP contribution in [0.5, 0.6) is 0 Å². The smallest absolute Gasteiger partial charge is 0.247 e. The fraction of sp³-hybridized carbons (Fsp3) is 1.00. The number of hydrogen-bond donors (Lipinski definition) is 0. The highest BCUT2D eigenvalue weighted by atomic mass is 127. The highest BCUT2D eigenvalue weighted by Crippen LogP contribution is 2.09. The van der Waals surface area contributed by atoms with E-state index in [2.05, 4.69) is 33.1 Å². The highest BCUT2D eigenvalue weighted by Gasteiger charge is 2.11. The van der Waals surface area contributed by atoms with Crippen molar-refractivity contribution in [2.45, 2.75) is 19.4 Å². The van der Waals surface area contributed by atoms with Crippen molar-refractivity contribution in [2.75, 3.05) is 4.43 Å². The summed E-state index contributed by atoms with van der Waals surface area (Å²) in [5, 5.41) is 0. The standard InChI is InChI=1S/C4H8IOSi/c1-4(2,3-5)6-7/h3H2,1-2H3. The molecule has 0 N–H and O–H groups in total. The zero-order valence-electron chi connectivity index (χ0n) is 4.49. The molecule has 1 nitrogen and oxygen atoms in total. The first kappa shape index (κ1) is 7.91. The molecule has 0 atom stereocenters. The second-order valence-electron chi connectivity index (χ2n) is 2.00. The van der Waals surface area contributed by atoms with E-state index in [0.29, 0.717) is 0 Å². The van der Waals surface area contributed by atoms with Crippen molar-refractivity contribution < 1.29 is 4.43 Å². The first-order chi connectivity index (χ1) is 3.12. The van der Waals surface area contributed by atoms with Crippen molar-refractivity contribution >= 4 is 33.1 Å². The van der Waals surface area contributed by atoms with Crippen LogP contribution < -0.4 is 0 Å². The predicted molar refractivity (Wildman–Crippen MR) is 39.8 cm³/mol. The van der Waals surface area contributed by atoms with Crippen molar-refractivity contribution in [3.8, 4) is 0 Å².